The van der Waals surface area contributed by atoms with Gasteiger partial charge in [0.15, 0.2) is 0 Å². The fourth-order valence-electron chi connectivity index (χ4n) is 2.34. The van der Waals surface area contributed by atoms with Crippen LogP contribution in [0.3, 0.4) is 0 Å². The molecular weight excluding hydrogens is 244 g/mol. The van der Waals surface area contributed by atoms with Crippen LogP contribution < -0.4 is 5.32 Å². The fraction of sp³-hybridized carbons (Fsp3) is 0.333. The first-order chi connectivity index (χ1) is 9.74. The molecule has 0 fully saturated rings. The average Bonchev–Trinajstić information content (AvgIpc) is 2.45. The van der Waals surface area contributed by atoms with Gasteiger partial charge in [0.2, 0.25) is 0 Å². The molecule has 0 radical (unpaired) electrons. The normalized spacial score (nSPS) is 10.8. The smallest absolute Gasteiger partial charge is 0.0340 e. The minimum Gasteiger partial charge on any atom is -0.385 e. The van der Waals surface area contributed by atoms with Gasteiger partial charge in [-0.1, -0.05) is 48.0 Å². The third-order valence-electron chi connectivity index (χ3n) is 3.35. The highest BCUT2D eigenvalue weighted by molar-refractivity contribution is 5.42. The van der Waals surface area contributed by atoms with Crippen LogP contribution in [0, 0.1) is 6.92 Å². The second-order valence-electron chi connectivity index (χ2n) is 5.37. The Morgan fingerprint density at radius 2 is 1.80 bits per heavy atom. The van der Waals surface area contributed by atoms with E-state index in [0.717, 1.165) is 26.1 Å². The molecule has 0 aromatic heterocycles. The zero-order valence-electron chi connectivity index (χ0n) is 12.5. The Kier molecular flexibility index (Phi) is 5.63. The highest BCUT2D eigenvalue weighted by Gasteiger charge is 2.00. The van der Waals surface area contributed by atoms with E-state index < -0.39 is 0 Å². The molecule has 0 spiro atoms. The van der Waals surface area contributed by atoms with E-state index >= 15 is 0 Å². The number of hydrogen-bond donors (Lipinski definition) is 1. The highest BCUT2D eigenvalue weighted by atomic mass is 15.1. The Balaban J connectivity index is 1.66. The molecule has 0 atom stereocenters. The van der Waals surface area contributed by atoms with E-state index in [4.69, 9.17) is 0 Å². The summed E-state index contributed by atoms with van der Waals surface area (Å²) in [4.78, 5) is 2.38. The van der Waals surface area contributed by atoms with Crippen molar-refractivity contribution >= 4 is 5.69 Å². The molecule has 0 unspecified atom stereocenters. The monoisotopic (exact) mass is 268 g/mol. The van der Waals surface area contributed by atoms with Crippen molar-refractivity contribution < 1.29 is 0 Å². The van der Waals surface area contributed by atoms with E-state index in [1.807, 2.05) is 6.07 Å². The molecule has 1 N–H and O–H groups in total. The third-order valence-corrected chi connectivity index (χ3v) is 3.35. The highest BCUT2D eigenvalue weighted by Crippen LogP contribution is 2.07. The predicted octanol–water partition coefficient (Wildman–Crippen LogP) is 3.93. The maximum Gasteiger partial charge on any atom is 0.0340 e. The molecule has 0 aliphatic rings. The summed E-state index contributed by atoms with van der Waals surface area (Å²) in [5.74, 6) is 0. The minimum absolute atomic E-state index is 1.02. The Morgan fingerprint density at radius 1 is 1.00 bits per heavy atom. The van der Waals surface area contributed by atoms with Gasteiger partial charge in [0.1, 0.15) is 0 Å². The van der Waals surface area contributed by atoms with Crippen LogP contribution in [0.4, 0.5) is 5.69 Å². The van der Waals surface area contributed by atoms with Gasteiger partial charge in [0, 0.05) is 18.8 Å². The lowest BCUT2D eigenvalue weighted by Gasteiger charge is -2.17. The predicted molar refractivity (Wildman–Crippen MR) is 87.1 cm³/mol. The van der Waals surface area contributed by atoms with Crippen LogP contribution in [0.25, 0.3) is 0 Å². The van der Waals surface area contributed by atoms with Crippen LogP contribution in [0.1, 0.15) is 17.5 Å². The van der Waals surface area contributed by atoms with Crippen LogP contribution >= 0.6 is 0 Å². The van der Waals surface area contributed by atoms with Crippen molar-refractivity contribution in [1.29, 1.82) is 0 Å². The van der Waals surface area contributed by atoms with E-state index in [1.165, 1.54) is 16.8 Å². The molecule has 106 valence electrons. The van der Waals surface area contributed by atoms with E-state index in [1.54, 1.807) is 0 Å². The van der Waals surface area contributed by atoms with E-state index in [9.17, 15) is 0 Å². The summed E-state index contributed by atoms with van der Waals surface area (Å²) in [5, 5.41) is 3.45. The molecule has 2 rings (SSSR count). The summed E-state index contributed by atoms with van der Waals surface area (Å²) in [7, 11) is 2.19. The topological polar surface area (TPSA) is 15.3 Å². The molecule has 20 heavy (non-hydrogen) atoms. The first-order valence-electron chi connectivity index (χ1n) is 7.27. The molecule has 2 heteroatoms. The van der Waals surface area contributed by atoms with Crippen molar-refractivity contribution in [3.05, 3.63) is 65.7 Å². The number of benzene rings is 2. The van der Waals surface area contributed by atoms with Crippen LogP contribution in [0.2, 0.25) is 0 Å². The number of para-hydroxylation sites is 1. The zero-order chi connectivity index (χ0) is 14.2. The molecule has 0 aliphatic carbocycles. The number of rotatable bonds is 7. The van der Waals surface area contributed by atoms with E-state index in [-0.39, 0.29) is 0 Å². The largest absolute Gasteiger partial charge is 0.385 e. The van der Waals surface area contributed by atoms with Crippen molar-refractivity contribution in [1.82, 2.24) is 4.90 Å². The molecule has 2 aromatic rings. The average molecular weight is 268 g/mol. The van der Waals surface area contributed by atoms with Crippen molar-refractivity contribution in [2.24, 2.45) is 0 Å². The van der Waals surface area contributed by atoms with Crippen molar-refractivity contribution in [3.8, 4) is 0 Å². The molecule has 2 nitrogen and oxygen atoms in total. The first-order valence-corrected chi connectivity index (χ1v) is 7.27. The summed E-state index contributed by atoms with van der Waals surface area (Å²) in [6, 6.07) is 19.1. The first kappa shape index (κ1) is 14.6. The number of anilines is 1. The third kappa shape index (κ3) is 5.06. The summed E-state index contributed by atoms with van der Waals surface area (Å²) in [5.41, 5.74) is 3.93. The molecule has 0 bridgehead atoms. The fourth-order valence-corrected chi connectivity index (χ4v) is 2.34. The Morgan fingerprint density at radius 3 is 2.55 bits per heavy atom. The van der Waals surface area contributed by atoms with Gasteiger partial charge in [-0.3, -0.25) is 0 Å². The van der Waals surface area contributed by atoms with Gasteiger partial charge >= 0.3 is 0 Å². The molecule has 0 saturated carbocycles. The maximum absolute atomic E-state index is 3.45. The van der Waals surface area contributed by atoms with Gasteiger partial charge in [-0.2, -0.15) is 0 Å². The van der Waals surface area contributed by atoms with Gasteiger partial charge in [-0.15, -0.1) is 0 Å². The molecule has 2 aromatic carbocycles. The molecular formula is C18H24N2. The van der Waals surface area contributed by atoms with Crippen molar-refractivity contribution in [3.63, 3.8) is 0 Å². The summed E-state index contributed by atoms with van der Waals surface area (Å²) < 4.78 is 0. The van der Waals surface area contributed by atoms with Crippen LogP contribution in [0.5, 0.6) is 0 Å². The van der Waals surface area contributed by atoms with Gasteiger partial charge < -0.3 is 10.2 Å². The standard InChI is InChI=1S/C18H24N2/c1-16-8-6-9-17(14-16)15-20(2)13-7-12-19-18-10-4-3-5-11-18/h3-6,8-11,14,19H,7,12-13,15H2,1-2H3. The second-order valence-corrected chi connectivity index (χ2v) is 5.37. The quantitative estimate of drug-likeness (QED) is 0.765. The van der Waals surface area contributed by atoms with E-state index in [0.29, 0.717) is 0 Å². The lowest BCUT2D eigenvalue weighted by molar-refractivity contribution is 0.325. The lowest BCUT2D eigenvalue weighted by Crippen LogP contribution is -2.21. The van der Waals surface area contributed by atoms with Crippen molar-refractivity contribution in [2.45, 2.75) is 19.9 Å². The molecule has 0 aliphatic heterocycles. The number of nitrogens with one attached hydrogen (secondary N) is 1. The van der Waals surface area contributed by atoms with Gasteiger partial charge in [-0.25, -0.2) is 0 Å². The Labute approximate surface area is 122 Å². The minimum atomic E-state index is 1.02. The van der Waals surface area contributed by atoms with Crippen LogP contribution in [0.15, 0.2) is 54.6 Å². The Bertz CT molecular complexity index is 508. The Hall–Kier alpha value is -1.80. The van der Waals surface area contributed by atoms with Gasteiger partial charge in [0.25, 0.3) is 0 Å². The molecule has 0 heterocycles. The molecule has 0 amide bonds. The van der Waals surface area contributed by atoms with Crippen LogP contribution in [-0.4, -0.2) is 25.0 Å². The number of nitrogens with zero attached hydrogens (tertiary/aromatic N) is 1. The number of hydrogen-bond acceptors (Lipinski definition) is 2. The zero-order valence-corrected chi connectivity index (χ0v) is 12.5. The van der Waals surface area contributed by atoms with Crippen molar-refractivity contribution in [2.75, 3.05) is 25.5 Å². The summed E-state index contributed by atoms with van der Waals surface area (Å²) in [6.45, 7) is 5.29. The lowest BCUT2D eigenvalue weighted by atomic mass is 10.1. The molecule has 0 saturated heterocycles. The van der Waals surface area contributed by atoms with E-state index in [2.05, 4.69) is 72.7 Å². The SMILES string of the molecule is Cc1cccc(CN(C)CCCNc2ccccc2)c1. The van der Waals surface area contributed by atoms with Crippen LogP contribution in [-0.2, 0) is 6.54 Å². The summed E-state index contributed by atoms with van der Waals surface area (Å²) >= 11 is 0. The maximum atomic E-state index is 3.45. The van der Waals surface area contributed by atoms with Gasteiger partial charge in [0.05, 0.1) is 0 Å². The summed E-state index contributed by atoms with van der Waals surface area (Å²) in [6.07, 6.45) is 1.15. The van der Waals surface area contributed by atoms with Gasteiger partial charge in [-0.05, 0) is 44.6 Å². The second kappa shape index (κ2) is 7.71. The number of aryl methyl sites for hydroxylation is 1.